The van der Waals surface area contributed by atoms with E-state index in [1.165, 1.54) is 7.11 Å². The molecule has 0 fully saturated rings. The predicted octanol–water partition coefficient (Wildman–Crippen LogP) is 5.15. The van der Waals surface area contributed by atoms with Crippen molar-refractivity contribution in [1.29, 1.82) is 0 Å². The summed E-state index contributed by atoms with van der Waals surface area (Å²) in [4.78, 5) is 14.5. The first-order valence-corrected chi connectivity index (χ1v) is 9.56. The van der Waals surface area contributed by atoms with Crippen LogP contribution in [0, 0.1) is 18.8 Å². The van der Waals surface area contributed by atoms with Gasteiger partial charge in [0, 0.05) is 13.1 Å². The van der Waals surface area contributed by atoms with E-state index in [0.717, 1.165) is 41.2 Å². The molecular formula is C23H32N2O2. The molecule has 0 aliphatic heterocycles. The van der Waals surface area contributed by atoms with Crippen LogP contribution < -0.4 is 10.6 Å². The van der Waals surface area contributed by atoms with Gasteiger partial charge in [0.05, 0.1) is 24.0 Å². The molecule has 2 aromatic carbocycles. The SMILES string of the molecule is COC(=O)c1ccc(C)cc1-c1ccc(N(CC(C)C)CC(C)C)c(N)c1. The molecule has 0 atom stereocenters. The first-order chi connectivity index (χ1) is 12.7. The van der Waals surface area contributed by atoms with E-state index >= 15 is 0 Å². The molecule has 2 N–H and O–H groups in total. The monoisotopic (exact) mass is 368 g/mol. The van der Waals surface area contributed by atoms with Gasteiger partial charge in [-0.05, 0) is 48.1 Å². The third-order valence-corrected chi connectivity index (χ3v) is 4.43. The fourth-order valence-electron chi connectivity index (χ4n) is 3.35. The Morgan fingerprint density at radius 3 is 2.19 bits per heavy atom. The van der Waals surface area contributed by atoms with Crippen LogP contribution >= 0.6 is 0 Å². The molecule has 0 bridgehead atoms. The molecule has 0 radical (unpaired) electrons. The lowest BCUT2D eigenvalue weighted by atomic mass is 9.96. The number of carbonyl (C=O) groups excluding carboxylic acids is 1. The second kappa shape index (κ2) is 8.94. The molecule has 0 saturated carbocycles. The van der Waals surface area contributed by atoms with Gasteiger partial charge in [0.2, 0.25) is 0 Å². The van der Waals surface area contributed by atoms with Crippen LogP contribution in [-0.4, -0.2) is 26.2 Å². The summed E-state index contributed by atoms with van der Waals surface area (Å²) in [5.74, 6) is 0.755. The summed E-state index contributed by atoms with van der Waals surface area (Å²) in [6, 6.07) is 11.8. The first-order valence-electron chi connectivity index (χ1n) is 9.56. The Kier molecular flexibility index (Phi) is 6.89. The van der Waals surface area contributed by atoms with Crippen LogP contribution in [0.1, 0.15) is 43.6 Å². The Hall–Kier alpha value is -2.49. The van der Waals surface area contributed by atoms with Crippen LogP contribution in [0.2, 0.25) is 0 Å². The minimum absolute atomic E-state index is 0.339. The number of ether oxygens (including phenoxy) is 1. The molecule has 0 heterocycles. The number of hydrogen-bond acceptors (Lipinski definition) is 4. The maximum absolute atomic E-state index is 12.2. The highest BCUT2D eigenvalue weighted by atomic mass is 16.5. The van der Waals surface area contributed by atoms with Crippen molar-refractivity contribution in [3.63, 3.8) is 0 Å². The van der Waals surface area contributed by atoms with Gasteiger partial charge in [0.15, 0.2) is 0 Å². The molecule has 0 unspecified atom stereocenters. The quantitative estimate of drug-likeness (QED) is 0.542. The lowest BCUT2D eigenvalue weighted by molar-refractivity contribution is 0.0601. The average Bonchev–Trinajstić information content (AvgIpc) is 2.59. The van der Waals surface area contributed by atoms with Crippen molar-refractivity contribution in [2.75, 3.05) is 30.8 Å². The highest BCUT2D eigenvalue weighted by Crippen LogP contribution is 2.33. The van der Waals surface area contributed by atoms with E-state index in [1.54, 1.807) is 0 Å². The molecular weight excluding hydrogens is 336 g/mol. The maximum atomic E-state index is 12.2. The summed E-state index contributed by atoms with van der Waals surface area (Å²) >= 11 is 0. The van der Waals surface area contributed by atoms with Gasteiger partial charge in [-0.25, -0.2) is 4.79 Å². The van der Waals surface area contributed by atoms with Gasteiger partial charge in [-0.15, -0.1) is 0 Å². The average molecular weight is 369 g/mol. The fourth-order valence-corrected chi connectivity index (χ4v) is 3.35. The topological polar surface area (TPSA) is 55.6 Å². The minimum Gasteiger partial charge on any atom is -0.465 e. The Morgan fingerprint density at radius 2 is 1.67 bits per heavy atom. The van der Waals surface area contributed by atoms with Gasteiger partial charge >= 0.3 is 5.97 Å². The van der Waals surface area contributed by atoms with E-state index in [2.05, 4.69) is 38.7 Å². The van der Waals surface area contributed by atoms with Gasteiger partial charge in [-0.1, -0.05) is 51.5 Å². The summed E-state index contributed by atoms with van der Waals surface area (Å²) in [5, 5.41) is 0. The molecule has 2 aromatic rings. The standard InChI is InChI=1S/C23H32N2O2/c1-15(2)13-25(14-16(3)4)22-10-8-18(12-21(22)24)20-11-17(5)7-9-19(20)23(26)27-6/h7-12,15-16H,13-14,24H2,1-6H3. The van der Waals surface area contributed by atoms with Crippen molar-refractivity contribution in [2.24, 2.45) is 11.8 Å². The largest absolute Gasteiger partial charge is 0.465 e. The van der Waals surface area contributed by atoms with Crippen molar-refractivity contribution in [3.05, 3.63) is 47.5 Å². The molecule has 4 heteroatoms. The number of anilines is 2. The highest BCUT2D eigenvalue weighted by Gasteiger charge is 2.17. The van der Waals surface area contributed by atoms with E-state index < -0.39 is 0 Å². The van der Waals surface area contributed by atoms with Crippen LogP contribution in [-0.2, 0) is 4.74 Å². The number of nitrogens with zero attached hydrogens (tertiary/aromatic N) is 1. The zero-order chi connectivity index (χ0) is 20.1. The van der Waals surface area contributed by atoms with Crippen molar-refractivity contribution >= 4 is 17.3 Å². The van der Waals surface area contributed by atoms with Crippen LogP contribution in [0.3, 0.4) is 0 Å². The Morgan fingerprint density at radius 1 is 1.04 bits per heavy atom. The van der Waals surface area contributed by atoms with Gasteiger partial charge in [-0.3, -0.25) is 0 Å². The molecule has 27 heavy (non-hydrogen) atoms. The molecule has 0 aliphatic rings. The maximum Gasteiger partial charge on any atom is 0.338 e. The van der Waals surface area contributed by atoms with E-state index in [0.29, 0.717) is 17.4 Å². The Labute approximate surface area is 163 Å². The number of benzene rings is 2. The van der Waals surface area contributed by atoms with Crippen molar-refractivity contribution < 1.29 is 9.53 Å². The van der Waals surface area contributed by atoms with Crippen LogP contribution in [0.15, 0.2) is 36.4 Å². The molecule has 0 aliphatic carbocycles. The van der Waals surface area contributed by atoms with E-state index in [4.69, 9.17) is 10.5 Å². The van der Waals surface area contributed by atoms with Gasteiger partial charge in [0.1, 0.15) is 0 Å². The van der Waals surface area contributed by atoms with Crippen molar-refractivity contribution in [2.45, 2.75) is 34.6 Å². The first kappa shape index (κ1) is 20.8. The fraction of sp³-hybridized carbons (Fsp3) is 0.435. The summed E-state index contributed by atoms with van der Waals surface area (Å²) in [5.41, 5.74) is 11.6. The minimum atomic E-state index is -0.339. The number of aryl methyl sites for hydroxylation is 1. The lowest BCUT2D eigenvalue weighted by Crippen LogP contribution is -2.31. The third kappa shape index (κ3) is 5.25. The molecule has 146 valence electrons. The van der Waals surface area contributed by atoms with Gasteiger partial charge in [0.25, 0.3) is 0 Å². The van der Waals surface area contributed by atoms with E-state index in [1.807, 2.05) is 37.3 Å². The lowest BCUT2D eigenvalue weighted by Gasteiger charge is -2.30. The van der Waals surface area contributed by atoms with E-state index in [-0.39, 0.29) is 5.97 Å². The molecule has 0 spiro atoms. The van der Waals surface area contributed by atoms with Crippen molar-refractivity contribution in [3.8, 4) is 11.1 Å². The smallest absolute Gasteiger partial charge is 0.338 e. The molecule has 0 saturated heterocycles. The highest BCUT2D eigenvalue weighted by molar-refractivity contribution is 5.98. The number of nitrogens with two attached hydrogens (primary N) is 1. The zero-order valence-electron chi connectivity index (χ0n) is 17.4. The second-order valence-corrected chi connectivity index (χ2v) is 8.01. The van der Waals surface area contributed by atoms with Crippen LogP contribution in [0.25, 0.3) is 11.1 Å². The van der Waals surface area contributed by atoms with Crippen LogP contribution in [0.4, 0.5) is 11.4 Å². The summed E-state index contributed by atoms with van der Waals surface area (Å²) < 4.78 is 4.94. The number of hydrogen-bond donors (Lipinski definition) is 1. The molecule has 0 aromatic heterocycles. The number of esters is 1. The number of nitrogen functional groups attached to an aromatic ring is 1. The third-order valence-electron chi connectivity index (χ3n) is 4.43. The number of rotatable bonds is 7. The normalized spacial score (nSPS) is 11.1. The molecule has 0 amide bonds. The van der Waals surface area contributed by atoms with Gasteiger partial charge < -0.3 is 15.4 Å². The van der Waals surface area contributed by atoms with E-state index in [9.17, 15) is 4.79 Å². The Bertz CT molecular complexity index is 787. The summed E-state index contributed by atoms with van der Waals surface area (Å²) in [7, 11) is 1.40. The van der Waals surface area contributed by atoms with Crippen molar-refractivity contribution in [1.82, 2.24) is 0 Å². The summed E-state index contributed by atoms with van der Waals surface area (Å²) in [6.45, 7) is 12.8. The summed E-state index contributed by atoms with van der Waals surface area (Å²) in [6.07, 6.45) is 0. The zero-order valence-corrected chi connectivity index (χ0v) is 17.4. The molecule has 2 rings (SSSR count). The van der Waals surface area contributed by atoms with Gasteiger partial charge in [-0.2, -0.15) is 0 Å². The number of methoxy groups -OCH3 is 1. The molecule has 4 nitrogen and oxygen atoms in total. The number of carbonyl (C=O) groups is 1. The second-order valence-electron chi connectivity index (χ2n) is 8.01. The van der Waals surface area contributed by atoms with Crippen LogP contribution in [0.5, 0.6) is 0 Å². The Balaban J connectivity index is 2.47. The predicted molar refractivity (Wildman–Crippen MR) is 114 cm³/mol.